The van der Waals surface area contributed by atoms with E-state index in [4.69, 9.17) is 28.8 Å². The van der Waals surface area contributed by atoms with Crippen molar-refractivity contribution in [3.05, 3.63) is 116 Å². The lowest BCUT2D eigenvalue weighted by molar-refractivity contribution is -0.138. The van der Waals surface area contributed by atoms with Gasteiger partial charge in [-0.15, -0.1) is 0 Å². The summed E-state index contributed by atoms with van der Waals surface area (Å²) in [4.78, 5) is 32.9. The van der Waals surface area contributed by atoms with Crippen LogP contribution in [0.1, 0.15) is 102 Å². The van der Waals surface area contributed by atoms with Crippen molar-refractivity contribution in [1.82, 2.24) is 19.4 Å². The molecule has 1 atom stereocenters. The van der Waals surface area contributed by atoms with Crippen molar-refractivity contribution in [2.24, 2.45) is 0 Å². The van der Waals surface area contributed by atoms with Crippen molar-refractivity contribution in [1.29, 1.82) is 0 Å². The first-order chi connectivity index (χ1) is 33.6. The van der Waals surface area contributed by atoms with E-state index >= 15 is 4.79 Å². The van der Waals surface area contributed by atoms with Crippen LogP contribution in [0.4, 0.5) is 17.6 Å². The molecule has 5 rings (SSSR count). The van der Waals surface area contributed by atoms with Crippen LogP contribution >= 0.6 is 11.8 Å². The van der Waals surface area contributed by atoms with E-state index in [-0.39, 0.29) is 0 Å². The SMILES string of the molecule is [2H]c1c([2H])c(C([2H])([2H])Sc2nc(=O)c3c(n2C([2H])([2H])C(=O)N(C([2H])(C)c2c([2H])c([2H])c(-c4c([2H])c([2H])c(C(F)(F)F)c(C)c4[2H])c([2H])c2[2H])C([2H])([2H])C([2H])([2H])N(CC)CC)C([2H])([2H])C([2H])([2H])C3([2H])[2H])c([2H])c([2H])c1F. The first-order valence-electron chi connectivity index (χ1n) is 27.1. The van der Waals surface area contributed by atoms with Crippen LogP contribution in [0.15, 0.2) is 76.4 Å². The molecule has 1 aliphatic rings. The molecule has 1 aromatic heterocycles. The molecule has 1 amide bonds. The summed E-state index contributed by atoms with van der Waals surface area (Å²) in [5.41, 5.74) is -16.9. The standard InChI is InChI=1S/C38H42F4N4O2S/c1-5-44(6-2)20-21-45(26(4)28-12-14-29(15-13-28)30-16-19-33(25(3)22-30)38(40,41)42)35(47)23-46-34-9-7-8-32(34)36(48)43-37(46)49-24-27-10-17-31(39)18-11-27/h10-19,22,26H,5-9,20-21,23-24H2,1-4H3/i7D2,8D2,9D2,10D,11D,12D,13D,14D,15D,16D,17D,18D,19D,20D2,21D2,22D,23D2,24D2,26D. The van der Waals surface area contributed by atoms with Gasteiger partial charge in [0.15, 0.2) is 5.16 Å². The molecule has 0 fully saturated rings. The molecular formula is C38H42F4N4O2S. The monoisotopic (exact) mass is 720 g/mol. The number of fused-ring (bicyclic) bond motifs is 1. The second-order valence-electron chi connectivity index (χ2n) is 9.76. The Morgan fingerprint density at radius 3 is 2.39 bits per heavy atom. The highest BCUT2D eigenvalue weighted by Crippen LogP contribution is 2.35. The van der Waals surface area contributed by atoms with E-state index in [0.717, 1.165) is 0 Å². The highest BCUT2D eigenvalue weighted by atomic mass is 32.2. The lowest BCUT2D eigenvalue weighted by atomic mass is 9.97. The van der Waals surface area contributed by atoms with Gasteiger partial charge >= 0.3 is 6.18 Å². The molecule has 0 aliphatic heterocycles. The number of benzene rings is 3. The summed E-state index contributed by atoms with van der Waals surface area (Å²) in [6.07, 6.45) is -17.2. The van der Waals surface area contributed by atoms with Crippen molar-refractivity contribution < 1.29 is 58.0 Å². The van der Waals surface area contributed by atoms with E-state index in [1.807, 2.05) is 0 Å². The Morgan fingerprint density at radius 1 is 1.06 bits per heavy atom. The largest absolute Gasteiger partial charge is 0.416 e. The average molecular weight is 721 g/mol. The van der Waals surface area contributed by atoms with Crippen LogP contribution in [-0.4, -0.2) is 51.3 Å². The van der Waals surface area contributed by atoms with Crippen LogP contribution < -0.4 is 5.56 Å². The molecule has 0 radical (unpaired) electrons. The first-order valence-corrected chi connectivity index (χ1v) is 14.9. The van der Waals surface area contributed by atoms with Gasteiger partial charge in [0.05, 0.1) is 33.5 Å². The second-order valence-corrected chi connectivity index (χ2v) is 10.5. The van der Waals surface area contributed by atoms with Crippen molar-refractivity contribution in [2.75, 3.05) is 26.1 Å². The van der Waals surface area contributed by atoms with Gasteiger partial charge in [0.2, 0.25) is 5.91 Å². The van der Waals surface area contributed by atoms with Crippen LogP contribution in [-0.2, 0) is 35.9 Å². The number of hydrogen-bond acceptors (Lipinski definition) is 5. The second kappa shape index (κ2) is 15.7. The molecule has 1 aliphatic carbocycles. The highest BCUT2D eigenvalue weighted by molar-refractivity contribution is 7.98. The fourth-order valence-electron chi connectivity index (χ4n) is 4.08. The topological polar surface area (TPSA) is 58.4 Å². The van der Waals surface area contributed by atoms with Crippen LogP contribution in [0.25, 0.3) is 11.1 Å². The predicted octanol–water partition coefficient (Wildman–Crippen LogP) is 8.09. The Bertz CT molecular complexity index is 3040. The van der Waals surface area contributed by atoms with Gasteiger partial charge in [0.1, 0.15) is 12.3 Å². The van der Waals surface area contributed by atoms with Gasteiger partial charge in [-0.1, -0.05) is 73.9 Å². The number of nitrogens with zero attached hydrogens (tertiary/aromatic N) is 4. The Hall–Kier alpha value is -3.96. The van der Waals surface area contributed by atoms with Gasteiger partial charge < -0.3 is 14.4 Å². The molecule has 0 saturated carbocycles. The van der Waals surface area contributed by atoms with Gasteiger partial charge in [-0.3, -0.25) is 9.59 Å². The summed E-state index contributed by atoms with van der Waals surface area (Å²) < 4.78 is 285. The van der Waals surface area contributed by atoms with Gasteiger partial charge in [-0.05, 0) is 92.0 Å². The maximum atomic E-state index is 15.6. The van der Waals surface area contributed by atoms with E-state index in [2.05, 4.69) is 4.98 Å². The zero-order valence-electron chi connectivity index (χ0n) is 51.9. The number of amides is 1. The van der Waals surface area contributed by atoms with Crippen LogP contribution in [0, 0.1) is 12.7 Å². The third-order valence-corrected chi connectivity index (χ3v) is 7.38. The minimum atomic E-state index is -5.32. The molecule has 4 aromatic rings. The van der Waals surface area contributed by atoms with Gasteiger partial charge in [0, 0.05) is 43.7 Å². The highest BCUT2D eigenvalue weighted by Gasteiger charge is 2.32. The van der Waals surface area contributed by atoms with Gasteiger partial charge in [-0.2, -0.15) is 18.2 Å². The number of aromatic nitrogens is 2. The Kier molecular flexibility index (Phi) is 4.98. The smallest absolute Gasteiger partial charge is 0.333 e. The minimum absolute atomic E-state index is 0.396. The predicted molar refractivity (Wildman–Crippen MR) is 186 cm³/mol. The number of carbonyl (C=O) groups excluding carboxylic acids is 1. The zero-order chi connectivity index (χ0) is 58.3. The molecule has 49 heavy (non-hydrogen) atoms. The lowest BCUT2D eigenvalue weighted by Gasteiger charge is -2.33. The van der Waals surface area contributed by atoms with Crippen molar-refractivity contribution in [3.63, 3.8) is 0 Å². The molecule has 1 unspecified atom stereocenters. The fraction of sp³-hybridized carbons (Fsp3) is 0.395. The number of alkyl halides is 3. The summed E-state index contributed by atoms with van der Waals surface area (Å²) in [6, 6.07) is -19.7. The van der Waals surface area contributed by atoms with Crippen LogP contribution in [0.5, 0.6) is 0 Å². The average Bonchev–Trinajstić information content (AvgIpc) is 3.36. The summed E-state index contributed by atoms with van der Waals surface area (Å²) in [6.45, 7) is -9.84. The van der Waals surface area contributed by atoms with Crippen molar-refractivity contribution in [3.8, 4) is 11.1 Å². The third-order valence-electron chi connectivity index (χ3n) is 6.62. The maximum absolute atomic E-state index is 15.6. The molecule has 1 heterocycles. The third kappa shape index (κ3) is 8.62. The molecule has 0 bridgehead atoms. The fourth-order valence-corrected chi connectivity index (χ4v) is 4.73. The summed E-state index contributed by atoms with van der Waals surface area (Å²) in [5, 5.41) is -1.66. The molecule has 260 valence electrons. The van der Waals surface area contributed by atoms with Crippen LogP contribution in [0.3, 0.4) is 0 Å². The van der Waals surface area contributed by atoms with Crippen molar-refractivity contribution >= 4 is 17.7 Å². The number of rotatable bonds is 13. The zero-order valence-corrected chi connectivity index (χ0v) is 26.8. The summed E-state index contributed by atoms with van der Waals surface area (Å²) in [7, 11) is 0. The molecular weight excluding hydrogens is 653 g/mol. The normalized spacial score (nSPS) is 26.1. The van der Waals surface area contributed by atoms with E-state index in [1.165, 1.54) is 13.8 Å². The number of thioether (sulfide) groups is 1. The summed E-state index contributed by atoms with van der Waals surface area (Å²) in [5.74, 6) is -4.46. The molecule has 3 aromatic carbocycles. The number of carbonyl (C=O) groups is 1. The van der Waals surface area contributed by atoms with E-state index in [0.29, 0.717) is 18.7 Å². The van der Waals surface area contributed by atoms with E-state index < -0.39 is 224 Å². The molecule has 0 spiro atoms. The minimum Gasteiger partial charge on any atom is -0.333 e. The molecule has 0 N–H and O–H groups in total. The molecule has 0 saturated heterocycles. The Labute approximate surface area is 325 Å². The van der Waals surface area contributed by atoms with Gasteiger partial charge in [-0.25, -0.2) is 4.39 Å². The number of hydrogen-bond donors (Lipinski definition) is 0. The van der Waals surface area contributed by atoms with E-state index in [1.54, 1.807) is 0 Å². The number of halogens is 4. The number of likely N-dealkylation sites (N-methyl/N-ethyl adjacent to an activating group) is 1. The van der Waals surface area contributed by atoms with Crippen LogP contribution in [0.2, 0.25) is 0 Å². The maximum Gasteiger partial charge on any atom is 0.416 e. The quantitative estimate of drug-likeness (QED) is 0.0795. The Morgan fingerprint density at radius 2 is 1.73 bits per heavy atom. The van der Waals surface area contributed by atoms with E-state index in [9.17, 15) is 29.2 Å². The van der Waals surface area contributed by atoms with Gasteiger partial charge in [0.25, 0.3) is 5.56 Å². The van der Waals surface area contributed by atoms with Crippen molar-refractivity contribution in [2.45, 2.75) is 76.4 Å². The molecule has 6 nitrogen and oxygen atoms in total. The lowest BCUT2D eigenvalue weighted by Crippen LogP contribution is -2.42. The first kappa shape index (κ1) is 15.5. The summed E-state index contributed by atoms with van der Waals surface area (Å²) >= 11 is -0.647. The molecule has 11 heteroatoms. The Balaban J connectivity index is 1.98.